The zero-order valence-electron chi connectivity index (χ0n) is 13.2. The Morgan fingerprint density at radius 1 is 1.56 bits per heavy atom. The van der Waals surface area contributed by atoms with Crippen molar-refractivity contribution in [2.24, 2.45) is 0 Å². The first-order chi connectivity index (χ1) is 12.0. The van der Waals surface area contributed by atoms with Gasteiger partial charge in [0.2, 0.25) is 0 Å². The second-order valence-corrected chi connectivity index (χ2v) is 6.97. The van der Waals surface area contributed by atoms with Crippen molar-refractivity contribution in [2.75, 3.05) is 5.32 Å². The van der Waals surface area contributed by atoms with E-state index in [1.165, 1.54) is 11.3 Å². The van der Waals surface area contributed by atoms with Crippen LogP contribution in [0.25, 0.3) is 10.7 Å². The molecule has 0 aliphatic heterocycles. The molecule has 3 aromatic rings. The molecule has 1 aromatic carbocycles. The molecule has 9 heteroatoms. The van der Waals surface area contributed by atoms with Gasteiger partial charge >= 0.3 is 0 Å². The third-order valence-corrected chi connectivity index (χ3v) is 4.99. The highest BCUT2D eigenvalue weighted by atomic mass is 35.5. The fourth-order valence-corrected chi connectivity index (χ4v) is 3.60. The fraction of sp³-hybridized carbons (Fsp3) is 0.125. The summed E-state index contributed by atoms with van der Waals surface area (Å²) in [7, 11) is 0. The topological polar surface area (TPSA) is 75.6 Å². The summed E-state index contributed by atoms with van der Waals surface area (Å²) in [4.78, 5) is 17.6. The number of amides is 1. The van der Waals surface area contributed by atoms with Crippen LogP contribution in [0, 0.1) is 11.7 Å². The number of H-pyrrole nitrogens is 1. The van der Waals surface area contributed by atoms with Crippen molar-refractivity contribution < 1.29 is 4.79 Å². The maximum atomic E-state index is 12.3. The average Bonchev–Trinajstić information content (AvgIpc) is 3.11. The van der Waals surface area contributed by atoms with Gasteiger partial charge in [0.25, 0.3) is 5.91 Å². The molecule has 2 N–H and O–H groups in total. The number of anilines is 1. The molecule has 3 rings (SSSR count). The summed E-state index contributed by atoms with van der Waals surface area (Å²) >= 11 is 12.5. The van der Waals surface area contributed by atoms with Gasteiger partial charge in [0, 0.05) is 17.1 Å². The number of hydrogen-bond donors (Lipinski definition) is 2. The molecule has 128 valence electrons. The van der Waals surface area contributed by atoms with Crippen molar-refractivity contribution in [3.63, 3.8) is 0 Å². The largest absolute Gasteiger partial charge is 0.298 e. The van der Waals surface area contributed by atoms with E-state index >= 15 is 0 Å². The summed E-state index contributed by atoms with van der Waals surface area (Å²) < 4.78 is 2.33. The zero-order valence-corrected chi connectivity index (χ0v) is 15.6. The Hall–Kier alpha value is -2.29. The van der Waals surface area contributed by atoms with Gasteiger partial charge < -0.3 is 0 Å². The van der Waals surface area contributed by atoms with E-state index in [-0.39, 0.29) is 5.91 Å². The number of nitrogens with one attached hydrogen (secondary N) is 2. The number of nitrogens with zero attached hydrogens (tertiary/aromatic N) is 3. The lowest BCUT2D eigenvalue weighted by Crippen LogP contribution is -2.11. The smallest absolute Gasteiger partial charge is 0.257 e. The van der Waals surface area contributed by atoms with E-state index in [4.69, 9.17) is 23.8 Å². The predicted molar refractivity (Wildman–Crippen MR) is 103 cm³/mol. The standard InChI is InChI=1S/C16H14ClN5OS2/c1-3-7-22-13(20-21-16(22)24)12-9(2)18-15(25-12)19-14(23)10-5-4-6-11(17)8-10/h3-6,8H,1,7H2,2H3,(H,21,24)(H,18,19,23). The number of carbonyl (C=O) groups is 1. The van der Waals surface area contributed by atoms with Crippen LogP contribution in [0.15, 0.2) is 36.9 Å². The molecule has 0 radical (unpaired) electrons. The highest BCUT2D eigenvalue weighted by molar-refractivity contribution is 7.71. The van der Waals surface area contributed by atoms with Crippen molar-refractivity contribution in [3.05, 3.63) is 58.0 Å². The van der Waals surface area contributed by atoms with Gasteiger partial charge in [-0.15, -0.1) is 6.58 Å². The number of aromatic nitrogens is 4. The van der Waals surface area contributed by atoms with Crippen molar-refractivity contribution in [1.29, 1.82) is 0 Å². The Balaban J connectivity index is 1.89. The number of aromatic amines is 1. The minimum absolute atomic E-state index is 0.271. The second-order valence-electron chi connectivity index (χ2n) is 5.15. The molecule has 0 saturated heterocycles. The lowest BCUT2D eigenvalue weighted by Gasteiger charge is -2.02. The Labute approximate surface area is 158 Å². The van der Waals surface area contributed by atoms with Gasteiger partial charge in [-0.1, -0.05) is 35.1 Å². The van der Waals surface area contributed by atoms with E-state index in [1.807, 2.05) is 11.5 Å². The van der Waals surface area contributed by atoms with Crippen LogP contribution in [0.5, 0.6) is 0 Å². The molecular weight excluding hydrogens is 378 g/mol. The van der Waals surface area contributed by atoms with E-state index < -0.39 is 0 Å². The summed E-state index contributed by atoms with van der Waals surface area (Å²) in [6, 6.07) is 6.74. The Kier molecular flexibility index (Phi) is 5.12. The van der Waals surface area contributed by atoms with Crippen LogP contribution in [-0.2, 0) is 6.54 Å². The zero-order chi connectivity index (χ0) is 18.0. The summed E-state index contributed by atoms with van der Waals surface area (Å²) in [5.41, 5.74) is 1.22. The molecular formula is C16H14ClN5OS2. The molecule has 0 saturated carbocycles. The minimum atomic E-state index is -0.271. The molecule has 25 heavy (non-hydrogen) atoms. The number of benzene rings is 1. The third kappa shape index (κ3) is 3.71. The van der Waals surface area contributed by atoms with Gasteiger partial charge in [-0.3, -0.25) is 19.8 Å². The number of carbonyl (C=O) groups excluding carboxylic acids is 1. The van der Waals surface area contributed by atoms with Crippen molar-refractivity contribution in [1.82, 2.24) is 19.7 Å². The van der Waals surface area contributed by atoms with Crippen LogP contribution in [-0.4, -0.2) is 25.7 Å². The van der Waals surface area contributed by atoms with E-state index in [2.05, 4.69) is 27.1 Å². The van der Waals surface area contributed by atoms with Crippen molar-refractivity contribution >= 4 is 46.2 Å². The number of halogens is 1. The number of rotatable bonds is 5. The summed E-state index contributed by atoms with van der Waals surface area (Å²) in [5, 5.41) is 10.8. The molecule has 0 unspecified atom stereocenters. The summed E-state index contributed by atoms with van der Waals surface area (Å²) in [6.07, 6.45) is 1.74. The Bertz CT molecular complexity index is 1000. The van der Waals surface area contributed by atoms with Crippen molar-refractivity contribution in [3.8, 4) is 10.7 Å². The Morgan fingerprint density at radius 2 is 2.36 bits per heavy atom. The predicted octanol–water partition coefficient (Wildman–Crippen LogP) is 4.46. The summed E-state index contributed by atoms with van der Waals surface area (Å²) in [6.45, 7) is 6.12. The summed E-state index contributed by atoms with van der Waals surface area (Å²) in [5.74, 6) is 0.399. The van der Waals surface area contributed by atoms with E-state index in [1.54, 1.807) is 30.3 Å². The van der Waals surface area contributed by atoms with Gasteiger partial charge in [0.05, 0.1) is 10.6 Å². The SMILES string of the molecule is C=CCn1c(-c2sc(NC(=O)c3cccc(Cl)c3)nc2C)n[nH]c1=S. The molecule has 0 spiro atoms. The lowest BCUT2D eigenvalue weighted by atomic mass is 10.2. The highest BCUT2D eigenvalue weighted by Gasteiger charge is 2.17. The fourth-order valence-electron chi connectivity index (χ4n) is 2.25. The van der Waals surface area contributed by atoms with Crippen LogP contribution in [0.2, 0.25) is 5.02 Å². The first-order valence-corrected chi connectivity index (χ1v) is 8.90. The van der Waals surface area contributed by atoms with Gasteiger partial charge in [0.15, 0.2) is 15.7 Å². The van der Waals surface area contributed by atoms with Gasteiger partial charge in [-0.2, -0.15) is 5.10 Å². The molecule has 0 bridgehead atoms. The van der Waals surface area contributed by atoms with Crippen LogP contribution in [0.4, 0.5) is 5.13 Å². The molecule has 6 nitrogen and oxygen atoms in total. The highest BCUT2D eigenvalue weighted by Crippen LogP contribution is 2.32. The molecule has 0 aliphatic rings. The molecule has 1 amide bonds. The lowest BCUT2D eigenvalue weighted by molar-refractivity contribution is 0.102. The molecule has 0 atom stereocenters. The number of hydrogen-bond acceptors (Lipinski definition) is 5. The number of allylic oxidation sites excluding steroid dienone is 1. The monoisotopic (exact) mass is 391 g/mol. The quantitative estimate of drug-likeness (QED) is 0.497. The molecule has 2 aromatic heterocycles. The van der Waals surface area contributed by atoms with Crippen LogP contribution >= 0.6 is 35.2 Å². The maximum absolute atomic E-state index is 12.3. The van der Waals surface area contributed by atoms with Crippen LogP contribution in [0.3, 0.4) is 0 Å². The number of thiazole rings is 1. The normalized spacial score (nSPS) is 10.6. The molecule has 0 fully saturated rings. The van der Waals surface area contributed by atoms with Crippen LogP contribution in [0.1, 0.15) is 16.1 Å². The first-order valence-electron chi connectivity index (χ1n) is 7.30. The van der Waals surface area contributed by atoms with E-state index in [0.717, 1.165) is 10.6 Å². The molecule has 0 aliphatic carbocycles. The minimum Gasteiger partial charge on any atom is -0.298 e. The van der Waals surface area contributed by atoms with Gasteiger partial charge in [-0.05, 0) is 37.3 Å². The molecule has 2 heterocycles. The van der Waals surface area contributed by atoms with Gasteiger partial charge in [-0.25, -0.2) is 4.98 Å². The van der Waals surface area contributed by atoms with Crippen molar-refractivity contribution in [2.45, 2.75) is 13.5 Å². The third-order valence-electron chi connectivity index (χ3n) is 3.38. The van der Waals surface area contributed by atoms with Crippen LogP contribution < -0.4 is 5.32 Å². The van der Waals surface area contributed by atoms with E-state index in [0.29, 0.717) is 32.9 Å². The first kappa shape index (κ1) is 17.5. The average molecular weight is 392 g/mol. The van der Waals surface area contributed by atoms with Gasteiger partial charge in [0.1, 0.15) is 0 Å². The number of aryl methyl sites for hydroxylation is 1. The Morgan fingerprint density at radius 3 is 3.08 bits per heavy atom. The maximum Gasteiger partial charge on any atom is 0.257 e. The van der Waals surface area contributed by atoms with E-state index in [9.17, 15) is 4.79 Å². The second kappa shape index (κ2) is 7.30.